The summed E-state index contributed by atoms with van der Waals surface area (Å²) >= 11 is 4.35. The molecule has 1 saturated carbocycles. The van der Waals surface area contributed by atoms with Crippen LogP contribution in [0.2, 0.25) is 0 Å². The van der Waals surface area contributed by atoms with Crippen LogP contribution >= 0.6 is 27.7 Å². The summed E-state index contributed by atoms with van der Waals surface area (Å²) in [7, 11) is 0. The average Bonchev–Trinajstić information content (AvgIpc) is 3.53. The molecule has 10 heteroatoms. The Bertz CT molecular complexity index is 1040. The van der Waals surface area contributed by atoms with Gasteiger partial charge in [0, 0.05) is 16.0 Å². The maximum Gasteiger partial charge on any atom is 0.407 e. The van der Waals surface area contributed by atoms with E-state index in [0.717, 1.165) is 11.8 Å². The molecule has 0 unspecified atom stereocenters. The molecule has 1 aliphatic rings. The topological polar surface area (TPSA) is 64.9 Å². The van der Waals surface area contributed by atoms with Crippen molar-refractivity contribution in [1.82, 2.24) is 10.6 Å². The molecule has 3 rings (SSSR count). The van der Waals surface area contributed by atoms with E-state index in [-0.39, 0.29) is 22.9 Å². The number of hydrogen-bond acceptors (Lipinski definition) is 4. The fourth-order valence-corrected chi connectivity index (χ4v) is 4.56. The van der Waals surface area contributed by atoms with Gasteiger partial charge in [0.05, 0.1) is 12.1 Å². The fraction of sp³-hybridized carbons (Fsp3) is 0.391. The standard InChI is InChI=1S/C23H22BrF4N3OS/c1-14-3-2-4-16(19(14)25)11-33-12-18(21(32)31-22(13-29)9-10-22)30-20(23(26,27)28)15-5-7-17(24)8-6-15/h2-8,18,20,30H,9-12H2,1H3,(H,31,32)/t18-,20-/m0/s1. The lowest BCUT2D eigenvalue weighted by Gasteiger charge is -2.28. The summed E-state index contributed by atoms with van der Waals surface area (Å²) in [5.41, 5.74) is -0.178. The molecular formula is C23H22BrF4N3OS. The van der Waals surface area contributed by atoms with Gasteiger partial charge in [0.2, 0.25) is 5.91 Å². The molecule has 33 heavy (non-hydrogen) atoms. The van der Waals surface area contributed by atoms with Gasteiger partial charge in [-0.2, -0.15) is 30.2 Å². The van der Waals surface area contributed by atoms with E-state index in [1.165, 1.54) is 24.3 Å². The lowest BCUT2D eigenvalue weighted by atomic mass is 10.1. The van der Waals surface area contributed by atoms with Gasteiger partial charge in [0.25, 0.3) is 0 Å². The number of rotatable bonds is 9. The minimum absolute atomic E-state index is 0.0379. The molecule has 1 fully saturated rings. The van der Waals surface area contributed by atoms with E-state index in [1.54, 1.807) is 25.1 Å². The molecule has 2 aromatic carbocycles. The first-order valence-electron chi connectivity index (χ1n) is 10.2. The number of amides is 1. The third-order valence-corrected chi connectivity index (χ3v) is 6.97. The van der Waals surface area contributed by atoms with E-state index < -0.39 is 29.7 Å². The summed E-state index contributed by atoms with van der Waals surface area (Å²) in [5, 5.41) is 14.3. The van der Waals surface area contributed by atoms with Crippen molar-refractivity contribution in [3.63, 3.8) is 0 Å². The minimum Gasteiger partial charge on any atom is -0.336 e. The lowest BCUT2D eigenvalue weighted by molar-refractivity contribution is -0.160. The number of aryl methyl sites for hydroxylation is 1. The van der Waals surface area contributed by atoms with Crippen LogP contribution in [-0.2, 0) is 10.5 Å². The van der Waals surface area contributed by atoms with Crippen LogP contribution < -0.4 is 10.6 Å². The van der Waals surface area contributed by atoms with E-state index in [4.69, 9.17) is 0 Å². The second-order valence-corrected chi connectivity index (χ2v) is 9.94. The van der Waals surface area contributed by atoms with Gasteiger partial charge in [-0.1, -0.05) is 46.3 Å². The van der Waals surface area contributed by atoms with Crippen molar-refractivity contribution in [3.8, 4) is 6.07 Å². The molecule has 2 atom stereocenters. The van der Waals surface area contributed by atoms with Gasteiger partial charge < -0.3 is 5.32 Å². The Morgan fingerprint density at radius 2 is 1.91 bits per heavy atom. The number of nitrogens with one attached hydrogen (secondary N) is 2. The Hall–Kier alpha value is -2.09. The van der Waals surface area contributed by atoms with Gasteiger partial charge in [-0.3, -0.25) is 10.1 Å². The van der Waals surface area contributed by atoms with Crippen molar-refractivity contribution in [3.05, 3.63) is 69.4 Å². The highest BCUT2D eigenvalue weighted by Crippen LogP contribution is 2.36. The molecule has 2 N–H and O–H groups in total. The number of halogens is 5. The summed E-state index contributed by atoms with van der Waals surface area (Å²) in [6.07, 6.45) is -3.75. The summed E-state index contributed by atoms with van der Waals surface area (Å²) in [6.45, 7) is 1.63. The zero-order valence-corrected chi connectivity index (χ0v) is 20.1. The molecule has 4 nitrogen and oxygen atoms in total. The number of hydrogen-bond donors (Lipinski definition) is 2. The smallest absolute Gasteiger partial charge is 0.336 e. The van der Waals surface area contributed by atoms with Crippen LogP contribution in [0.4, 0.5) is 17.6 Å². The lowest BCUT2D eigenvalue weighted by Crippen LogP contribution is -2.52. The molecular weight excluding hydrogens is 522 g/mol. The Morgan fingerprint density at radius 1 is 1.24 bits per heavy atom. The van der Waals surface area contributed by atoms with Gasteiger partial charge in [-0.15, -0.1) is 0 Å². The molecule has 0 spiro atoms. The Kier molecular flexibility index (Phi) is 8.08. The van der Waals surface area contributed by atoms with Crippen molar-refractivity contribution < 1.29 is 22.4 Å². The van der Waals surface area contributed by atoms with Crippen LogP contribution in [0.3, 0.4) is 0 Å². The van der Waals surface area contributed by atoms with Crippen LogP contribution in [0.5, 0.6) is 0 Å². The van der Waals surface area contributed by atoms with E-state index >= 15 is 0 Å². The van der Waals surface area contributed by atoms with E-state index in [1.807, 2.05) is 6.07 Å². The van der Waals surface area contributed by atoms with Crippen LogP contribution in [0.1, 0.15) is 35.6 Å². The molecule has 0 bridgehead atoms. The zero-order chi connectivity index (χ0) is 24.2. The average molecular weight is 544 g/mol. The Labute approximate surface area is 202 Å². The van der Waals surface area contributed by atoms with E-state index in [0.29, 0.717) is 28.4 Å². The van der Waals surface area contributed by atoms with Crippen LogP contribution in [0, 0.1) is 24.1 Å². The molecule has 176 valence electrons. The number of nitriles is 1. The minimum atomic E-state index is -4.66. The first-order chi connectivity index (χ1) is 15.5. The zero-order valence-electron chi connectivity index (χ0n) is 17.7. The van der Waals surface area contributed by atoms with Gasteiger partial charge >= 0.3 is 6.18 Å². The predicted octanol–water partition coefficient (Wildman–Crippen LogP) is 5.56. The van der Waals surface area contributed by atoms with Crippen molar-refractivity contribution in [2.75, 3.05) is 5.75 Å². The van der Waals surface area contributed by atoms with Crippen molar-refractivity contribution in [2.45, 2.75) is 49.3 Å². The Morgan fingerprint density at radius 3 is 2.48 bits per heavy atom. The second-order valence-electron chi connectivity index (χ2n) is 7.99. The predicted molar refractivity (Wildman–Crippen MR) is 123 cm³/mol. The highest BCUT2D eigenvalue weighted by molar-refractivity contribution is 9.10. The van der Waals surface area contributed by atoms with E-state index in [9.17, 15) is 27.6 Å². The quantitative estimate of drug-likeness (QED) is 0.406. The summed E-state index contributed by atoms with van der Waals surface area (Å²) < 4.78 is 56.7. The van der Waals surface area contributed by atoms with Crippen molar-refractivity contribution >= 4 is 33.6 Å². The van der Waals surface area contributed by atoms with Gasteiger partial charge in [-0.25, -0.2) is 4.39 Å². The first-order valence-corrected chi connectivity index (χ1v) is 12.1. The van der Waals surface area contributed by atoms with Gasteiger partial charge in [0.15, 0.2) is 0 Å². The number of nitrogens with zero attached hydrogens (tertiary/aromatic N) is 1. The second kappa shape index (κ2) is 10.5. The monoisotopic (exact) mass is 543 g/mol. The molecule has 0 heterocycles. The third-order valence-electron chi connectivity index (χ3n) is 5.36. The third kappa shape index (κ3) is 6.71. The fourth-order valence-electron chi connectivity index (χ4n) is 3.25. The van der Waals surface area contributed by atoms with Gasteiger partial charge in [-0.05, 0) is 48.6 Å². The highest BCUT2D eigenvalue weighted by Gasteiger charge is 2.47. The summed E-state index contributed by atoms with van der Waals surface area (Å²) in [6, 6.07) is 9.26. The number of alkyl halides is 3. The van der Waals surface area contributed by atoms with Crippen molar-refractivity contribution in [2.24, 2.45) is 0 Å². The molecule has 2 aromatic rings. The van der Waals surface area contributed by atoms with Crippen molar-refractivity contribution in [1.29, 1.82) is 5.26 Å². The first kappa shape index (κ1) is 25.5. The summed E-state index contributed by atoms with van der Waals surface area (Å²) in [5.74, 6) is -0.901. The summed E-state index contributed by atoms with van der Waals surface area (Å²) in [4.78, 5) is 12.9. The maximum atomic E-state index is 14.3. The number of carbonyl (C=O) groups is 1. The van der Waals surface area contributed by atoms with Crippen LogP contribution in [0.25, 0.3) is 0 Å². The maximum absolute atomic E-state index is 14.3. The molecule has 0 aromatic heterocycles. The normalized spacial score (nSPS) is 16.5. The van der Waals surface area contributed by atoms with Gasteiger partial charge in [0.1, 0.15) is 17.4 Å². The molecule has 1 aliphatic carbocycles. The SMILES string of the molecule is Cc1cccc(CSC[C@H](N[C@@H](c2ccc(Br)cc2)C(F)(F)F)C(=O)NC2(C#N)CC2)c1F. The van der Waals surface area contributed by atoms with Crippen LogP contribution in [-0.4, -0.2) is 29.4 Å². The Balaban J connectivity index is 1.79. The number of carbonyl (C=O) groups excluding carboxylic acids is 1. The van der Waals surface area contributed by atoms with Crippen LogP contribution in [0.15, 0.2) is 46.9 Å². The number of thioether (sulfide) groups is 1. The number of benzene rings is 2. The molecule has 0 saturated heterocycles. The highest BCUT2D eigenvalue weighted by atomic mass is 79.9. The molecule has 0 radical (unpaired) electrons. The largest absolute Gasteiger partial charge is 0.407 e. The molecule has 1 amide bonds. The molecule has 0 aliphatic heterocycles. The van der Waals surface area contributed by atoms with E-state index in [2.05, 4.69) is 26.6 Å².